The van der Waals surface area contributed by atoms with E-state index in [0.717, 1.165) is 37.7 Å². The molecule has 0 N–H and O–H groups in total. The molecule has 0 amide bonds. The Morgan fingerprint density at radius 2 is 1.48 bits per heavy atom. The van der Waals surface area contributed by atoms with Crippen LogP contribution in [0.15, 0.2) is 88.7 Å². The molecule has 1 unspecified atom stereocenters. The SMILES string of the molecule is Cc1ccc(-n2c3ccccc3c3c4c(ccc32)S(=O)c2cc(C)ccc2-4)cc1. The molecule has 1 aliphatic rings. The second-order valence-corrected chi connectivity index (χ2v) is 9.21. The zero-order chi connectivity index (χ0) is 19.7. The summed E-state index contributed by atoms with van der Waals surface area (Å²) in [5.41, 5.74) is 8.08. The molecule has 5 aromatic rings. The van der Waals surface area contributed by atoms with E-state index in [9.17, 15) is 4.21 Å². The van der Waals surface area contributed by atoms with Crippen LogP contribution in [0, 0.1) is 13.8 Å². The molecule has 6 rings (SSSR count). The Bertz CT molecular complexity index is 1470. The molecule has 0 fully saturated rings. The Labute approximate surface area is 171 Å². The number of aryl methyl sites for hydroxylation is 2. The van der Waals surface area contributed by atoms with Crippen LogP contribution in [-0.2, 0) is 10.8 Å². The molecule has 140 valence electrons. The molecule has 3 heteroatoms. The summed E-state index contributed by atoms with van der Waals surface area (Å²) in [4.78, 5) is 1.85. The Morgan fingerprint density at radius 3 is 2.31 bits per heavy atom. The Kier molecular flexibility index (Phi) is 3.42. The van der Waals surface area contributed by atoms with Gasteiger partial charge in [-0.3, -0.25) is 0 Å². The summed E-state index contributed by atoms with van der Waals surface area (Å²) in [6, 6.07) is 27.6. The quantitative estimate of drug-likeness (QED) is 0.310. The average Bonchev–Trinajstić information content (AvgIpc) is 3.21. The molecule has 0 saturated heterocycles. The highest BCUT2D eigenvalue weighted by atomic mass is 32.2. The van der Waals surface area contributed by atoms with Gasteiger partial charge in [0.2, 0.25) is 0 Å². The molecule has 2 heterocycles. The van der Waals surface area contributed by atoms with E-state index in [0.29, 0.717) is 0 Å². The lowest BCUT2D eigenvalue weighted by Crippen LogP contribution is -1.94. The number of hydrogen-bond donors (Lipinski definition) is 0. The maximum atomic E-state index is 13.2. The zero-order valence-corrected chi connectivity index (χ0v) is 17.1. The van der Waals surface area contributed by atoms with Crippen molar-refractivity contribution < 1.29 is 4.21 Å². The smallest absolute Gasteiger partial charge is 0.0862 e. The summed E-state index contributed by atoms with van der Waals surface area (Å²) in [5.74, 6) is 0. The van der Waals surface area contributed by atoms with Crippen molar-refractivity contribution in [2.45, 2.75) is 23.6 Å². The fourth-order valence-electron chi connectivity index (χ4n) is 4.54. The molecule has 0 radical (unpaired) electrons. The molecule has 0 aliphatic carbocycles. The first-order chi connectivity index (χ1) is 14.1. The fourth-order valence-corrected chi connectivity index (χ4v) is 6.03. The van der Waals surface area contributed by atoms with Crippen molar-refractivity contribution in [1.29, 1.82) is 0 Å². The molecule has 0 bridgehead atoms. The van der Waals surface area contributed by atoms with E-state index in [1.54, 1.807) is 0 Å². The van der Waals surface area contributed by atoms with Crippen LogP contribution in [0.5, 0.6) is 0 Å². The number of aromatic nitrogens is 1. The first kappa shape index (κ1) is 16.8. The van der Waals surface area contributed by atoms with Gasteiger partial charge in [-0.2, -0.15) is 0 Å². The summed E-state index contributed by atoms with van der Waals surface area (Å²) >= 11 is 0. The molecule has 1 atom stereocenters. The largest absolute Gasteiger partial charge is 0.309 e. The predicted octanol–water partition coefficient (Wildman–Crippen LogP) is 6.55. The van der Waals surface area contributed by atoms with Crippen LogP contribution >= 0.6 is 0 Å². The van der Waals surface area contributed by atoms with Gasteiger partial charge in [-0.05, 0) is 55.8 Å². The van der Waals surface area contributed by atoms with E-state index < -0.39 is 10.8 Å². The average molecular weight is 394 g/mol. The highest BCUT2D eigenvalue weighted by Gasteiger charge is 2.29. The van der Waals surface area contributed by atoms with Gasteiger partial charge < -0.3 is 4.57 Å². The highest BCUT2D eigenvalue weighted by molar-refractivity contribution is 7.85. The van der Waals surface area contributed by atoms with Crippen LogP contribution in [0.1, 0.15) is 11.1 Å². The second kappa shape index (κ2) is 5.91. The van der Waals surface area contributed by atoms with E-state index >= 15 is 0 Å². The molecule has 1 aromatic heterocycles. The maximum absolute atomic E-state index is 13.2. The molecular weight excluding hydrogens is 374 g/mol. The summed E-state index contributed by atoms with van der Waals surface area (Å²) < 4.78 is 15.6. The van der Waals surface area contributed by atoms with Crippen LogP contribution < -0.4 is 0 Å². The van der Waals surface area contributed by atoms with E-state index in [1.165, 1.54) is 21.9 Å². The Morgan fingerprint density at radius 1 is 0.724 bits per heavy atom. The van der Waals surface area contributed by atoms with Gasteiger partial charge in [0.05, 0.1) is 31.6 Å². The van der Waals surface area contributed by atoms with Crippen molar-refractivity contribution in [3.63, 3.8) is 0 Å². The topological polar surface area (TPSA) is 22.0 Å². The van der Waals surface area contributed by atoms with Crippen molar-refractivity contribution in [2.75, 3.05) is 0 Å². The lowest BCUT2D eigenvalue weighted by Gasteiger charge is -2.09. The molecule has 4 aromatic carbocycles. The number of para-hydroxylation sites is 1. The Balaban J connectivity index is 1.80. The number of nitrogens with zero attached hydrogens (tertiary/aromatic N) is 1. The first-order valence-electron chi connectivity index (χ1n) is 9.79. The normalized spacial score (nSPS) is 15.0. The van der Waals surface area contributed by atoms with Crippen molar-refractivity contribution in [3.05, 3.63) is 90.0 Å². The Hall–Kier alpha value is -3.17. The third-order valence-electron chi connectivity index (χ3n) is 5.90. The summed E-state index contributed by atoms with van der Waals surface area (Å²) in [7, 11) is -1.13. The van der Waals surface area contributed by atoms with Crippen molar-refractivity contribution >= 4 is 32.6 Å². The van der Waals surface area contributed by atoms with Gasteiger partial charge in [0.1, 0.15) is 0 Å². The van der Waals surface area contributed by atoms with Gasteiger partial charge in [-0.1, -0.05) is 48.0 Å². The lowest BCUT2D eigenvalue weighted by molar-refractivity contribution is 0.685. The first-order valence-corrected chi connectivity index (χ1v) is 10.9. The molecule has 0 spiro atoms. The highest BCUT2D eigenvalue weighted by Crippen LogP contribution is 2.48. The standard InChI is InChI=1S/C26H19NOS/c1-16-7-10-18(11-8-16)27-21-6-4-3-5-19(21)25-22(27)13-14-23-26(25)20-12-9-17(2)15-24(20)29(23)28/h3-15H,1-2H3. The van der Waals surface area contributed by atoms with Crippen LogP contribution in [0.3, 0.4) is 0 Å². The third-order valence-corrected chi connectivity index (χ3v) is 7.38. The molecular formula is C26H19NOS. The number of fused-ring (bicyclic) bond motifs is 7. The summed E-state index contributed by atoms with van der Waals surface area (Å²) in [6.45, 7) is 4.16. The van der Waals surface area contributed by atoms with Gasteiger partial charge in [-0.25, -0.2) is 4.21 Å². The molecule has 29 heavy (non-hydrogen) atoms. The zero-order valence-electron chi connectivity index (χ0n) is 16.3. The second-order valence-electron chi connectivity index (χ2n) is 7.79. The van der Waals surface area contributed by atoms with E-state index in [-0.39, 0.29) is 0 Å². The van der Waals surface area contributed by atoms with Gasteiger partial charge in [0.15, 0.2) is 0 Å². The maximum Gasteiger partial charge on any atom is 0.0862 e. The van der Waals surface area contributed by atoms with E-state index in [1.807, 2.05) is 6.07 Å². The summed E-state index contributed by atoms with van der Waals surface area (Å²) in [6.07, 6.45) is 0. The van der Waals surface area contributed by atoms with E-state index in [4.69, 9.17) is 0 Å². The minimum atomic E-state index is -1.13. The minimum absolute atomic E-state index is 0.921. The van der Waals surface area contributed by atoms with Crippen molar-refractivity contribution in [1.82, 2.24) is 4.57 Å². The predicted molar refractivity (Wildman–Crippen MR) is 120 cm³/mol. The van der Waals surface area contributed by atoms with Crippen molar-refractivity contribution in [3.8, 4) is 16.8 Å². The molecule has 1 aliphatic heterocycles. The van der Waals surface area contributed by atoms with Gasteiger partial charge in [0, 0.05) is 27.6 Å². The monoisotopic (exact) mass is 393 g/mol. The van der Waals surface area contributed by atoms with Crippen molar-refractivity contribution in [2.24, 2.45) is 0 Å². The number of hydrogen-bond acceptors (Lipinski definition) is 1. The van der Waals surface area contributed by atoms with Crippen LogP contribution in [-0.4, -0.2) is 8.78 Å². The molecule has 0 saturated carbocycles. The van der Waals surface area contributed by atoms with Gasteiger partial charge in [-0.15, -0.1) is 0 Å². The summed E-state index contributed by atoms with van der Waals surface area (Å²) in [5, 5.41) is 2.39. The minimum Gasteiger partial charge on any atom is -0.309 e. The van der Waals surface area contributed by atoms with Crippen LogP contribution in [0.2, 0.25) is 0 Å². The van der Waals surface area contributed by atoms with Gasteiger partial charge in [0.25, 0.3) is 0 Å². The fraction of sp³-hybridized carbons (Fsp3) is 0.0769. The number of benzene rings is 4. The van der Waals surface area contributed by atoms with Crippen LogP contribution in [0.4, 0.5) is 0 Å². The van der Waals surface area contributed by atoms with E-state index in [2.05, 4.69) is 91.2 Å². The van der Waals surface area contributed by atoms with Gasteiger partial charge >= 0.3 is 0 Å². The lowest BCUT2D eigenvalue weighted by atomic mass is 9.99. The number of rotatable bonds is 1. The molecule has 2 nitrogen and oxygen atoms in total. The third kappa shape index (κ3) is 2.25. The van der Waals surface area contributed by atoms with Crippen LogP contribution in [0.25, 0.3) is 38.6 Å².